The first kappa shape index (κ1) is 16.1. The molecule has 0 aliphatic heterocycles. The van der Waals surface area contributed by atoms with Gasteiger partial charge in [0.25, 0.3) is 0 Å². The summed E-state index contributed by atoms with van der Waals surface area (Å²) in [5, 5.41) is 3.17. The van der Waals surface area contributed by atoms with Crippen LogP contribution in [0.25, 0.3) is 0 Å². The van der Waals surface area contributed by atoms with Gasteiger partial charge in [-0.2, -0.15) is 0 Å². The van der Waals surface area contributed by atoms with Crippen molar-refractivity contribution in [2.75, 3.05) is 24.3 Å². The smallest absolute Gasteiger partial charge is 0.138 e. The Bertz CT molecular complexity index is 456. The number of hydrogen-bond acceptors (Lipinski definition) is 4. The van der Waals surface area contributed by atoms with E-state index in [-0.39, 0.29) is 5.41 Å². The molecule has 1 heterocycles. The Labute approximate surface area is 129 Å². The molecule has 0 bridgehead atoms. The normalized spacial score (nSPS) is 17.4. The fraction of sp³-hybridized carbons (Fsp3) is 0.765. The summed E-state index contributed by atoms with van der Waals surface area (Å²) < 4.78 is 0. The Hall–Kier alpha value is -1.32. The van der Waals surface area contributed by atoms with Gasteiger partial charge < -0.3 is 10.2 Å². The summed E-state index contributed by atoms with van der Waals surface area (Å²) in [5.41, 5.74) is -0.0358. The molecule has 0 unspecified atom stereocenters. The van der Waals surface area contributed by atoms with E-state index in [9.17, 15) is 0 Å². The lowest BCUT2D eigenvalue weighted by Crippen LogP contribution is -2.32. The third kappa shape index (κ3) is 4.08. The van der Waals surface area contributed by atoms with Crippen LogP contribution in [0, 0.1) is 0 Å². The summed E-state index contributed by atoms with van der Waals surface area (Å²) >= 11 is 0. The van der Waals surface area contributed by atoms with Crippen molar-refractivity contribution in [1.82, 2.24) is 9.97 Å². The van der Waals surface area contributed by atoms with Crippen molar-refractivity contribution in [3.63, 3.8) is 0 Å². The molecule has 21 heavy (non-hydrogen) atoms. The second-order valence-electron chi connectivity index (χ2n) is 7.19. The zero-order valence-electron chi connectivity index (χ0n) is 14.2. The van der Waals surface area contributed by atoms with E-state index in [0.717, 1.165) is 17.5 Å². The van der Waals surface area contributed by atoms with Gasteiger partial charge in [-0.3, -0.25) is 0 Å². The van der Waals surface area contributed by atoms with Gasteiger partial charge in [0, 0.05) is 31.6 Å². The molecule has 0 spiro atoms. The van der Waals surface area contributed by atoms with Crippen molar-refractivity contribution >= 4 is 11.6 Å². The van der Waals surface area contributed by atoms with Crippen molar-refractivity contribution in [2.45, 2.75) is 70.8 Å². The maximum absolute atomic E-state index is 4.83. The lowest BCUT2D eigenvalue weighted by molar-refractivity contribution is 0.529. The van der Waals surface area contributed by atoms with E-state index in [1.807, 2.05) is 7.05 Å². The minimum Gasteiger partial charge on any atom is -0.373 e. The van der Waals surface area contributed by atoms with Gasteiger partial charge in [-0.1, -0.05) is 46.5 Å². The molecule has 1 aliphatic carbocycles. The first-order valence-electron chi connectivity index (χ1n) is 8.22. The van der Waals surface area contributed by atoms with Crippen molar-refractivity contribution in [1.29, 1.82) is 0 Å². The van der Waals surface area contributed by atoms with E-state index in [0.29, 0.717) is 6.04 Å². The fourth-order valence-electron chi connectivity index (χ4n) is 2.91. The van der Waals surface area contributed by atoms with Gasteiger partial charge >= 0.3 is 0 Å². The Kier molecular flexibility index (Phi) is 5.07. The van der Waals surface area contributed by atoms with Crippen LogP contribution in [0.3, 0.4) is 0 Å². The van der Waals surface area contributed by atoms with Gasteiger partial charge in [0.1, 0.15) is 17.5 Å². The summed E-state index contributed by atoms with van der Waals surface area (Å²) in [5.74, 6) is 2.86. The highest BCUT2D eigenvalue weighted by Gasteiger charge is 2.23. The molecule has 1 fully saturated rings. The van der Waals surface area contributed by atoms with Gasteiger partial charge in [-0.05, 0) is 12.8 Å². The molecule has 1 aromatic rings. The van der Waals surface area contributed by atoms with Crippen LogP contribution in [-0.2, 0) is 5.41 Å². The summed E-state index contributed by atoms with van der Waals surface area (Å²) in [6, 6.07) is 2.68. The van der Waals surface area contributed by atoms with E-state index >= 15 is 0 Å². The van der Waals surface area contributed by atoms with E-state index in [4.69, 9.17) is 4.98 Å². The maximum Gasteiger partial charge on any atom is 0.138 e. The van der Waals surface area contributed by atoms with Gasteiger partial charge in [-0.15, -0.1) is 0 Å². The average Bonchev–Trinajstić information content (AvgIpc) is 2.74. The summed E-state index contributed by atoms with van der Waals surface area (Å²) in [7, 11) is 4.11. The predicted octanol–water partition coefficient (Wildman–Crippen LogP) is 3.97. The molecule has 2 rings (SSSR count). The minimum absolute atomic E-state index is 0.0358. The fourth-order valence-corrected chi connectivity index (χ4v) is 2.91. The van der Waals surface area contributed by atoms with Gasteiger partial charge in [0.05, 0.1) is 0 Å². The number of hydrogen-bond donors (Lipinski definition) is 1. The van der Waals surface area contributed by atoms with Crippen molar-refractivity contribution in [3.8, 4) is 0 Å². The van der Waals surface area contributed by atoms with Gasteiger partial charge in [-0.25, -0.2) is 9.97 Å². The Morgan fingerprint density at radius 1 is 1.10 bits per heavy atom. The highest BCUT2D eigenvalue weighted by atomic mass is 15.2. The largest absolute Gasteiger partial charge is 0.373 e. The Balaban J connectivity index is 2.28. The van der Waals surface area contributed by atoms with Crippen LogP contribution in [0.4, 0.5) is 11.6 Å². The quantitative estimate of drug-likeness (QED) is 0.855. The minimum atomic E-state index is -0.0358. The molecule has 1 saturated carbocycles. The molecule has 0 amide bonds. The Morgan fingerprint density at radius 3 is 2.24 bits per heavy atom. The highest BCUT2D eigenvalue weighted by Crippen LogP contribution is 2.28. The van der Waals surface area contributed by atoms with E-state index in [2.05, 4.69) is 49.1 Å². The molecular weight excluding hydrogens is 260 g/mol. The molecular formula is C17H30N4. The molecule has 0 radical (unpaired) electrons. The molecule has 4 heteroatoms. The lowest BCUT2D eigenvalue weighted by atomic mass is 9.95. The van der Waals surface area contributed by atoms with Crippen LogP contribution < -0.4 is 10.2 Å². The third-order valence-electron chi connectivity index (χ3n) is 4.37. The number of anilines is 2. The van der Waals surface area contributed by atoms with Crippen molar-refractivity contribution < 1.29 is 0 Å². The second-order valence-corrected chi connectivity index (χ2v) is 7.19. The number of rotatable bonds is 3. The topological polar surface area (TPSA) is 41.0 Å². The van der Waals surface area contributed by atoms with Crippen LogP contribution in [0.1, 0.15) is 65.1 Å². The first-order chi connectivity index (χ1) is 9.91. The van der Waals surface area contributed by atoms with E-state index in [1.165, 1.54) is 38.5 Å². The molecule has 1 aromatic heterocycles. The van der Waals surface area contributed by atoms with Crippen LogP contribution >= 0.6 is 0 Å². The summed E-state index contributed by atoms with van der Waals surface area (Å²) in [4.78, 5) is 11.8. The third-order valence-corrected chi connectivity index (χ3v) is 4.37. The Morgan fingerprint density at radius 2 is 1.71 bits per heavy atom. The predicted molar refractivity (Wildman–Crippen MR) is 90.2 cm³/mol. The molecule has 4 nitrogen and oxygen atoms in total. The number of nitrogens with one attached hydrogen (secondary N) is 1. The SMILES string of the molecule is CNc1cc(N(C)C2CCCCCC2)nc(C(C)(C)C)n1. The van der Waals surface area contributed by atoms with Gasteiger partial charge in [0.15, 0.2) is 0 Å². The summed E-state index contributed by atoms with van der Waals surface area (Å²) in [6.07, 6.45) is 7.99. The molecule has 0 saturated heterocycles. The van der Waals surface area contributed by atoms with E-state index in [1.54, 1.807) is 0 Å². The molecule has 0 aromatic carbocycles. The lowest BCUT2D eigenvalue weighted by Gasteiger charge is -2.29. The zero-order valence-corrected chi connectivity index (χ0v) is 14.2. The van der Waals surface area contributed by atoms with Crippen molar-refractivity contribution in [3.05, 3.63) is 11.9 Å². The first-order valence-corrected chi connectivity index (χ1v) is 8.22. The number of nitrogens with zero attached hydrogens (tertiary/aromatic N) is 3. The zero-order chi connectivity index (χ0) is 15.5. The maximum atomic E-state index is 4.83. The number of aromatic nitrogens is 2. The molecule has 0 atom stereocenters. The average molecular weight is 290 g/mol. The van der Waals surface area contributed by atoms with Crippen LogP contribution in [0.15, 0.2) is 6.07 Å². The van der Waals surface area contributed by atoms with Crippen LogP contribution in [0.5, 0.6) is 0 Å². The highest BCUT2D eigenvalue weighted by molar-refractivity contribution is 5.50. The van der Waals surface area contributed by atoms with Gasteiger partial charge in [0.2, 0.25) is 0 Å². The summed E-state index contributed by atoms with van der Waals surface area (Å²) in [6.45, 7) is 6.49. The molecule has 118 valence electrons. The van der Waals surface area contributed by atoms with Crippen LogP contribution in [0.2, 0.25) is 0 Å². The van der Waals surface area contributed by atoms with Crippen LogP contribution in [-0.4, -0.2) is 30.1 Å². The molecule has 1 aliphatic rings. The standard InChI is InChI=1S/C17H30N4/c1-17(2,3)16-19-14(18-4)12-15(20-16)21(5)13-10-8-6-7-9-11-13/h12-13H,6-11H2,1-5H3,(H,18,19,20). The monoisotopic (exact) mass is 290 g/mol. The molecule has 1 N–H and O–H groups in total. The van der Waals surface area contributed by atoms with Crippen molar-refractivity contribution in [2.24, 2.45) is 0 Å². The van der Waals surface area contributed by atoms with E-state index < -0.39 is 0 Å². The second kappa shape index (κ2) is 6.63.